The van der Waals surface area contributed by atoms with Crippen molar-refractivity contribution in [3.05, 3.63) is 29.8 Å². The second kappa shape index (κ2) is 21.2. The number of carbonyl (C=O) groups is 6. The van der Waals surface area contributed by atoms with Gasteiger partial charge in [-0.3, -0.25) is 24.0 Å². The molecule has 1 aromatic rings. The van der Waals surface area contributed by atoms with Crippen LogP contribution >= 0.6 is 0 Å². The molecule has 1 fully saturated rings. The van der Waals surface area contributed by atoms with Gasteiger partial charge in [-0.1, -0.05) is 26.0 Å². The predicted molar refractivity (Wildman–Crippen MR) is 198 cm³/mol. The molecule has 51 heavy (non-hydrogen) atoms. The third-order valence-electron chi connectivity index (χ3n) is 9.25. The van der Waals surface area contributed by atoms with Crippen LogP contribution in [0.4, 0.5) is 10.5 Å². The van der Waals surface area contributed by atoms with Crippen LogP contribution < -0.4 is 37.6 Å². The van der Waals surface area contributed by atoms with Crippen LogP contribution in [0.5, 0.6) is 0 Å². The summed E-state index contributed by atoms with van der Waals surface area (Å²) in [4.78, 5) is 81.8. The highest BCUT2D eigenvalue weighted by Gasteiger charge is 2.39. The number of unbranched alkanes of at least 4 members (excludes halogenated alkanes) is 1. The third kappa shape index (κ3) is 14.1. The van der Waals surface area contributed by atoms with E-state index >= 15 is 0 Å². The molecule has 0 unspecified atom stereocenters. The fourth-order valence-corrected chi connectivity index (χ4v) is 6.00. The highest BCUT2D eigenvalue weighted by atomic mass is 16.2. The molecule has 0 aromatic heterocycles. The maximum Gasteiger partial charge on any atom is 0.316 e. The average molecular weight is 716 g/mol. The van der Waals surface area contributed by atoms with Gasteiger partial charge in [0.25, 0.3) is 0 Å². The summed E-state index contributed by atoms with van der Waals surface area (Å²) in [5.74, 6) is -1.91. The van der Waals surface area contributed by atoms with Crippen molar-refractivity contribution < 1.29 is 28.8 Å². The molecule has 1 aliphatic rings. The number of likely N-dealkylation sites (tertiary alicyclic amines) is 1. The zero-order chi connectivity index (χ0) is 38.2. The molecule has 7 amide bonds. The number of nitrogens with one attached hydrogen (secondary N) is 6. The first-order valence-electron chi connectivity index (χ1n) is 18.0. The fourth-order valence-electron chi connectivity index (χ4n) is 6.00. The Bertz CT molecular complexity index is 1320. The van der Waals surface area contributed by atoms with Gasteiger partial charge in [0.2, 0.25) is 29.5 Å². The van der Waals surface area contributed by atoms with Crippen LogP contribution in [0.3, 0.4) is 0 Å². The number of anilines is 1. The number of amides is 7. The molecule has 1 saturated heterocycles. The molecule has 1 aliphatic heterocycles. The van der Waals surface area contributed by atoms with Gasteiger partial charge in [-0.2, -0.15) is 0 Å². The molecule has 1 heterocycles. The minimum absolute atomic E-state index is 0.0501. The maximum absolute atomic E-state index is 14.1. The van der Waals surface area contributed by atoms with Gasteiger partial charge >= 0.3 is 6.03 Å². The molecule has 1 aromatic carbocycles. The highest BCUT2D eigenvalue weighted by Crippen LogP contribution is 2.21. The lowest BCUT2D eigenvalue weighted by Crippen LogP contribution is -2.58. The Kier molecular flexibility index (Phi) is 17.8. The van der Waals surface area contributed by atoms with E-state index in [2.05, 4.69) is 50.6 Å². The molecule has 2 rings (SSSR count). The van der Waals surface area contributed by atoms with Crippen LogP contribution in [0.25, 0.3) is 0 Å². The summed E-state index contributed by atoms with van der Waals surface area (Å²) in [6.45, 7) is 10.9. The van der Waals surface area contributed by atoms with Crippen LogP contribution in [0.15, 0.2) is 24.3 Å². The van der Waals surface area contributed by atoms with Crippen molar-refractivity contribution in [1.29, 1.82) is 0 Å². The van der Waals surface area contributed by atoms with E-state index in [1.165, 1.54) is 11.9 Å². The summed E-state index contributed by atoms with van der Waals surface area (Å²) in [5, 5.41) is 16.6. The molecule has 8 N–H and O–H groups in total. The van der Waals surface area contributed by atoms with Crippen LogP contribution in [-0.2, 0) is 30.4 Å². The number of primary amides is 1. The topological polar surface area (TPSA) is 207 Å². The van der Waals surface area contributed by atoms with Crippen LogP contribution in [-0.4, -0.2) is 116 Å². The standard InChI is InChI=1S/C36H61N9O6/c1-22(2)20-29(43-32(47)28(38-6)21-25-14-16-26(17-15-25)41-36(37)51)33(48)42-27(12-9-10-18-44(8)23(3)4)35(50)45-19-11-13-30(45)34(49)40-24(5)31(46)39-7/h14-17,22-24,27-30,38H,9-13,18-21H2,1-8H3,(H,39,46)(H,40,49)(H,42,48)(H,43,47)(H3,37,41,51)/t24-,27+,28-,29+,30+/m1/s1. The monoisotopic (exact) mass is 715 g/mol. The summed E-state index contributed by atoms with van der Waals surface area (Å²) in [6, 6.07) is 2.60. The van der Waals surface area contributed by atoms with E-state index in [4.69, 9.17) is 5.73 Å². The second-order valence-corrected chi connectivity index (χ2v) is 14.1. The summed E-state index contributed by atoms with van der Waals surface area (Å²) in [5.41, 5.74) is 6.54. The third-order valence-corrected chi connectivity index (χ3v) is 9.25. The number of hydrogen-bond acceptors (Lipinski definition) is 8. The van der Waals surface area contributed by atoms with E-state index in [1.54, 1.807) is 38.2 Å². The molecule has 0 aliphatic carbocycles. The van der Waals surface area contributed by atoms with E-state index in [0.29, 0.717) is 56.8 Å². The number of nitrogens with two attached hydrogens (primary N) is 1. The lowest BCUT2D eigenvalue weighted by molar-refractivity contribution is -0.142. The Morgan fingerprint density at radius 2 is 1.49 bits per heavy atom. The van der Waals surface area contributed by atoms with Gasteiger partial charge < -0.3 is 47.4 Å². The summed E-state index contributed by atoms with van der Waals surface area (Å²) in [7, 11) is 5.19. The summed E-state index contributed by atoms with van der Waals surface area (Å²) in [6.07, 6.45) is 3.53. The van der Waals surface area contributed by atoms with Crippen molar-refractivity contribution >= 4 is 41.3 Å². The number of benzene rings is 1. The molecular formula is C36H61N9O6. The first kappa shape index (κ1) is 42.9. The molecule has 15 nitrogen and oxygen atoms in total. The molecule has 286 valence electrons. The van der Waals surface area contributed by atoms with E-state index in [0.717, 1.165) is 18.5 Å². The second-order valence-electron chi connectivity index (χ2n) is 14.1. The first-order valence-corrected chi connectivity index (χ1v) is 18.0. The Morgan fingerprint density at radius 3 is 2.06 bits per heavy atom. The van der Waals surface area contributed by atoms with Gasteiger partial charge in [0.1, 0.15) is 24.2 Å². The Balaban J connectivity index is 2.24. The molecule has 5 atom stereocenters. The van der Waals surface area contributed by atoms with Gasteiger partial charge in [-0.15, -0.1) is 0 Å². The summed E-state index contributed by atoms with van der Waals surface area (Å²) >= 11 is 0. The van der Waals surface area contributed by atoms with E-state index in [9.17, 15) is 28.8 Å². The number of likely N-dealkylation sites (N-methyl/N-ethyl adjacent to an activating group) is 2. The highest BCUT2D eigenvalue weighted by molar-refractivity contribution is 5.96. The van der Waals surface area contributed by atoms with Crippen LogP contribution in [0, 0.1) is 5.92 Å². The molecule has 0 bridgehead atoms. The first-order chi connectivity index (χ1) is 24.1. The quantitative estimate of drug-likeness (QED) is 0.0971. The number of carbonyl (C=O) groups excluding carboxylic acids is 6. The van der Waals surface area contributed by atoms with Crippen molar-refractivity contribution in [2.24, 2.45) is 11.7 Å². The van der Waals surface area contributed by atoms with E-state index in [-0.39, 0.29) is 23.6 Å². The Hall–Kier alpha value is -4.24. The van der Waals surface area contributed by atoms with Crippen molar-refractivity contribution in [1.82, 2.24) is 36.4 Å². The number of hydrogen-bond donors (Lipinski definition) is 7. The summed E-state index contributed by atoms with van der Waals surface area (Å²) < 4.78 is 0. The molecule has 0 spiro atoms. The van der Waals surface area contributed by atoms with Crippen LogP contribution in [0.2, 0.25) is 0 Å². The van der Waals surface area contributed by atoms with Crippen molar-refractivity contribution in [2.75, 3.05) is 39.5 Å². The molecule has 0 saturated carbocycles. The maximum atomic E-state index is 14.1. The van der Waals surface area contributed by atoms with E-state index < -0.39 is 48.1 Å². The van der Waals surface area contributed by atoms with Gasteiger partial charge in [0.05, 0.1) is 6.04 Å². The Morgan fingerprint density at radius 1 is 0.863 bits per heavy atom. The van der Waals surface area contributed by atoms with Gasteiger partial charge in [-0.05, 0) is 110 Å². The average Bonchev–Trinajstić information content (AvgIpc) is 3.57. The molecule has 0 radical (unpaired) electrons. The molecule has 15 heteroatoms. The fraction of sp³-hybridized carbons (Fsp3) is 0.667. The van der Waals surface area contributed by atoms with E-state index in [1.807, 2.05) is 20.9 Å². The smallest absolute Gasteiger partial charge is 0.316 e. The van der Waals surface area contributed by atoms with Gasteiger partial charge in [-0.25, -0.2) is 4.79 Å². The number of nitrogens with zero attached hydrogens (tertiary/aromatic N) is 2. The van der Waals surface area contributed by atoms with Crippen molar-refractivity contribution in [2.45, 2.75) is 116 Å². The zero-order valence-electron chi connectivity index (χ0n) is 31.6. The molecular weight excluding hydrogens is 654 g/mol. The lowest BCUT2D eigenvalue weighted by Gasteiger charge is -2.31. The van der Waals surface area contributed by atoms with Crippen molar-refractivity contribution in [3.8, 4) is 0 Å². The zero-order valence-corrected chi connectivity index (χ0v) is 31.6. The van der Waals surface area contributed by atoms with Gasteiger partial charge in [0, 0.05) is 25.3 Å². The van der Waals surface area contributed by atoms with Crippen LogP contribution in [0.1, 0.15) is 78.7 Å². The largest absolute Gasteiger partial charge is 0.357 e. The number of rotatable bonds is 20. The minimum atomic E-state index is -0.913. The van der Waals surface area contributed by atoms with Crippen molar-refractivity contribution in [3.63, 3.8) is 0 Å². The normalized spacial score (nSPS) is 16.7. The lowest BCUT2D eigenvalue weighted by atomic mass is 10.00. The van der Waals surface area contributed by atoms with Gasteiger partial charge in [0.15, 0.2) is 0 Å². The SMILES string of the molecule is CNC(=O)[C@@H](C)NC(=O)[C@@H]1CCCN1C(=O)[C@H](CCCCN(C)C(C)C)NC(=O)[C@H](CC(C)C)NC(=O)[C@@H](Cc1ccc(NC(N)=O)cc1)NC. The number of urea groups is 1. The Labute approximate surface area is 303 Å². The predicted octanol–water partition coefficient (Wildman–Crippen LogP) is 1.08. The minimum Gasteiger partial charge on any atom is -0.357 e.